The number of benzene rings is 1. The van der Waals surface area contributed by atoms with Gasteiger partial charge in [0.05, 0.1) is 17.9 Å². The summed E-state index contributed by atoms with van der Waals surface area (Å²) < 4.78 is 1.84. The van der Waals surface area contributed by atoms with E-state index in [0.29, 0.717) is 19.4 Å². The van der Waals surface area contributed by atoms with Crippen molar-refractivity contribution in [3.05, 3.63) is 70.7 Å². The molecule has 136 valence electrons. The van der Waals surface area contributed by atoms with Crippen molar-refractivity contribution in [2.75, 3.05) is 20.6 Å². The monoisotopic (exact) mass is 368 g/mol. The molecule has 26 heavy (non-hydrogen) atoms. The molecule has 0 aliphatic heterocycles. The first kappa shape index (κ1) is 18.4. The van der Waals surface area contributed by atoms with E-state index in [4.69, 9.17) is 0 Å². The molecule has 0 fully saturated rings. The number of carbonyl (C=O) groups excluding carboxylic acids is 1. The average Bonchev–Trinajstić information content (AvgIpc) is 3.33. The molecule has 0 aliphatic carbocycles. The predicted octanol–water partition coefficient (Wildman–Crippen LogP) is 3.29. The molecule has 0 saturated carbocycles. The Hall–Kier alpha value is -2.44. The molecular weight excluding hydrogens is 344 g/mol. The molecule has 2 aromatic heterocycles. The number of carbonyl (C=O) groups is 1. The smallest absolute Gasteiger partial charge is 0.220 e. The van der Waals surface area contributed by atoms with Gasteiger partial charge >= 0.3 is 0 Å². The van der Waals surface area contributed by atoms with Gasteiger partial charge in [0.1, 0.15) is 0 Å². The van der Waals surface area contributed by atoms with Gasteiger partial charge in [0, 0.05) is 24.0 Å². The molecule has 3 rings (SSSR count). The standard InChI is InChI=1S/C20H24N4OS/c1-23(2)18(19-9-6-12-26-19)14-21-20(25)11-10-16-13-22-24(15-16)17-7-4-3-5-8-17/h3-9,12-13,15,18H,10-11,14H2,1-2H3,(H,21,25). The summed E-state index contributed by atoms with van der Waals surface area (Å²) in [5.41, 5.74) is 2.08. The minimum atomic E-state index is 0.0702. The largest absolute Gasteiger partial charge is 0.354 e. The van der Waals surface area contributed by atoms with Crippen molar-refractivity contribution in [2.24, 2.45) is 0 Å². The van der Waals surface area contributed by atoms with E-state index in [1.807, 2.05) is 67.6 Å². The van der Waals surface area contributed by atoms with Crippen LogP contribution in [-0.4, -0.2) is 41.2 Å². The summed E-state index contributed by atoms with van der Waals surface area (Å²) in [5, 5.41) is 9.50. The molecule has 1 N–H and O–H groups in total. The van der Waals surface area contributed by atoms with Crippen LogP contribution < -0.4 is 5.32 Å². The first-order chi connectivity index (χ1) is 12.6. The SMILES string of the molecule is CN(C)C(CNC(=O)CCc1cnn(-c2ccccc2)c1)c1cccs1. The first-order valence-electron chi connectivity index (χ1n) is 8.69. The lowest BCUT2D eigenvalue weighted by Crippen LogP contribution is -2.34. The molecule has 1 aromatic carbocycles. The highest BCUT2D eigenvalue weighted by Crippen LogP contribution is 2.22. The van der Waals surface area contributed by atoms with Crippen molar-refractivity contribution in [1.82, 2.24) is 20.0 Å². The lowest BCUT2D eigenvalue weighted by atomic mass is 10.2. The molecule has 0 aliphatic rings. The Morgan fingerprint density at radius 3 is 2.73 bits per heavy atom. The summed E-state index contributed by atoms with van der Waals surface area (Å²) in [6, 6.07) is 14.3. The molecule has 1 atom stereocenters. The Kier molecular flexibility index (Phi) is 6.20. The number of hydrogen-bond donors (Lipinski definition) is 1. The normalized spacial score (nSPS) is 12.3. The summed E-state index contributed by atoms with van der Waals surface area (Å²) in [4.78, 5) is 15.6. The summed E-state index contributed by atoms with van der Waals surface area (Å²) in [6.07, 6.45) is 4.96. The molecule has 0 radical (unpaired) electrons. The molecule has 6 heteroatoms. The van der Waals surface area contributed by atoms with Crippen molar-refractivity contribution in [3.8, 4) is 5.69 Å². The van der Waals surface area contributed by atoms with Crippen LogP contribution in [0.5, 0.6) is 0 Å². The molecule has 0 saturated heterocycles. The van der Waals surface area contributed by atoms with Crippen LogP contribution in [-0.2, 0) is 11.2 Å². The van der Waals surface area contributed by atoms with Gasteiger partial charge in [-0.25, -0.2) is 4.68 Å². The Labute approximate surface area is 158 Å². The highest BCUT2D eigenvalue weighted by atomic mass is 32.1. The van der Waals surface area contributed by atoms with E-state index < -0.39 is 0 Å². The van der Waals surface area contributed by atoms with E-state index in [9.17, 15) is 4.79 Å². The molecule has 0 spiro atoms. The number of nitrogens with one attached hydrogen (secondary N) is 1. The highest BCUT2D eigenvalue weighted by molar-refractivity contribution is 7.10. The van der Waals surface area contributed by atoms with Gasteiger partial charge in [-0.2, -0.15) is 5.10 Å². The van der Waals surface area contributed by atoms with E-state index in [2.05, 4.69) is 26.8 Å². The third kappa shape index (κ3) is 4.80. The Morgan fingerprint density at radius 2 is 2.04 bits per heavy atom. The van der Waals surface area contributed by atoms with Crippen LogP contribution in [0.1, 0.15) is 22.9 Å². The zero-order valence-electron chi connectivity index (χ0n) is 15.1. The van der Waals surface area contributed by atoms with Gasteiger partial charge in [-0.05, 0) is 49.7 Å². The second-order valence-electron chi connectivity index (χ2n) is 6.43. The van der Waals surface area contributed by atoms with Gasteiger partial charge < -0.3 is 10.2 Å². The maximum atomic E-state index is 12.2. The van der Waals surface area contributed by atoms with Crippen LogP contribution in [0.25, 0.3) is 5.69 Å². The number of para-hydroxylation sites is 1. The lowest BCUT2D eigenvalue weighted by molar-refractivity contribution is -0.121. The minimum Gasteiger partial charge on any atom is -0.354 e. The number of rotatable bonds is 8. The van der Waals surface area contributed by atoms with E-state index in [-0.39, 0.29) is 11.9 Å². The number of nitrogens with zero attached hydrogens (tertiary/aromatic N) is 3. The number of aromatic nitrogens is 2. The number of amides is 1. The van der Waals surface area contributed by atoms with Crippen molar-refractivity contribution in [1.29, 1.82) is 0 Å². The number of likely N-dealkylation sites (N-methyl/N-ethyl adjacent to an activating group) is 1. The van der Waals surface area contributed by atoms with Crippen molar-refractivity contribution in [2.45, 2.75) is 18.9 Å². The van der Waals surface area contributed by atoms with Crippen LogP contribution in [0.2, 0.25) is 0 Å². The van der Waals surface area contributed by atoms with Crippen molar-refractivity contribution >= 4 is 17.2 Å². The Morgan fingerprint density at radius 1 is 1.23 bits per heavy atom. The zero-order valence-corrected chi connectivity index (χ0v) is 15.9. The first-order valence-corrected chi connectivity index (χ1v) is 9.57. The van der Waals surface area contributed by atoms with Crippen LogP contribution in [0.15, 0.2) is 60.2 Å². The van der Waals surface area contributed by atoms with Crippen LogP contribution >= 0.6 is 11.3 Å². The molecule has 2 heterocycles. The van der Waals surface area contributed by atoms with Crippen LogP contribution in [0, 0.1) is 0 Å². The quantitative estimate of drug-likeness (QED) is 0.664. The second-order valence-corrected chi connectivity index (χ2v) is 7.41. The number of thiophene rings is 1. The van der Waals surface area contributed by atoms with E-state index in [0.717, 1.165) is 11.3 Å². The third-order valence-electron chi connectivity index (χ3n) is 4.29. The van der Waals surface area contributed by atoms with Gasteiger partial charge in [0.15, 0.2) is 0 Å². The highest BCUT2D eigenvalue weighted by Gasteiger charge is 2.16. The molecule has 1 unspecified atom stereocenters. The molecule has 1 amide bonds. The summed E-state index contributed by atoms with van der Waals surface area (Å²) in [7, 11) is 4.07. The lowest BCUT2D eigenvalue weighted by Gasteiger charge is -2.23. The van der Waals surface area contributed by atoms with Gasteiger partial charge in [-0.15, -0.1) is 11.3 Å². The molecule has 3 aromatic rings. The van der Waals surface area contributed by atoms with E-state index in [1.54, 1.807) is 11.3 Å². The van der Waals surface area contributed by atoms with E-state index in [1.165, 1.54) is 4.88 Å². The topological polar surface area (TPSA) is 50.2 Å². The predicted molar refractivity (Wildman–Crippen MR) is 106 cm³/mol. The summed E-state index contributed by atoms with van der Waals surface area (Å²) >= 11 is 1.72. The molecule has 0 bridgehead atoms. The fraction of sp³-hybridized carbons (Fsp3) is 0.300. The Bertz CT molecular complexity index is 811. The van der Waals surface area contributed by atoms with Gasteiger partial charge in [-0.1, -0.05) is 24.3 Å². The maximum absolute atomic E-state index is 12.2. The average molecular weight is 369 g/mol. The number of aryl methyl sites for hydroxylation is 1. The van der Waals surface area contributed by atoms with Crippen molar-refractivity contribution < 1.29 is 4.79 Å². The molecular formula is C20H24N4OS. The number of hydrogen-bond acceptors (Lipinski definition) is 4. The van der Waals surface area contributed by atoms with Gasteiger partial charge in [0.25, 0.3) is 0 Å². The Balaban J connectivity index is 1.49. The van der Waals surface area contributed by atoms with Crippen LogP contribution in [0.3, 0.4) is 0 Å². The van der Waals surface area contributed by atoms with E-state index >= 15 is 0 Å². The summed E-state index contributed by atoms with van der Waals surface area (Å²) in [6.45, 7) is 0.621. The fourth-order valence-corrected chi connectivity index (χ4v) is 3.71. The summed E-state index contributed by atoms with van der Waals surface area (Å²) in [5.74, 6) is 0.0702. The van der Waals surface area contributed by atoms with Gasteiger partial charge in [0.2, 0.25) is 5.91 Å². The zero-order chi connectivity index (χ0) is 18.4. The second kappa shape index (κ2) is 8.78. The van der Waals surface area contributed by atoms with Crippen LogP contribution in [0.4, 0.5) is 0 Å². The fourth-order valence-electron chi connectivity index (χ4n) is 2.79. The van der Waals surface area contributed by atoms with Gasteiger partial charge in [-0.3, -0.25) is 4.79 Å². The minimum absolute atomic E-state index is 0.0702. The van der Waals surface area contributed by atoms with Crippen molar-refractivity contribution in [3.63, 3.8) is 0 Å². The maximum Gasteiger partial charge on any atom is 0.220 e. The molecule has 5 nitrogen and oxygen atoms in total. The third-order valence-corrected chi connectivity index (χ3v) is 5.26.